The number of carboxylic acid groups (broad SMARTS) is 1. The van der Waals surface area contributed by atoms with Crippen molar-refractivity contribution in [3.63, 3.8) is 0 Å². The maximum absolute atomic E-state index is 11.1. The van der Waals surface area contributed by atoms with Crippen LogP contribution in [-0.4, -0.2) is 42.2 Å². The van der Waals surface area contributed by atoms with Gasteiger partial charge >= 0.3 is 5.97 Å². The van der Waals surface area contributed by atoms with Crippen LogP contribution in [0.4, 0.5) is 5.69 Å². The van der Waals surface area contributed by atoms with Crippen molar-refractivity contribution in [2.24, 2.45) is 0 Å². The van der Waals surface area contributed by atoms with Gasteiger partial charge in [-0.15, -0.1) is 0 Å². The van der Waals surface area contributed by atoms with Gasteiger partial charge in [0.1, 0.15) is 0 Å². The number of likely N-dealkylation sites (tertiary alicyclic amines) is 1. The van der Waals surface area contributed by atoms with Gasteiger partial charge in [0, 0.05) is 18.8 Å². The minimum absolute atomic E-state index is 0.351. The van der Waals surface area contributed by atoms with Crippen LogP contribution in [-0.2, 0) is 0 Å². The molecule has 1 saturated heterocycles. The number of hydrogen-bond donors (Lipinski definition) is 2. The second-order valence-electron chi connectivity index (χ2n) is 5.18. The van der Waals surface area contributed by atoms with Crippen LogP contribution in [0.2, 0.25) is 0 Å². The fourth-order valence-corrected chi connectivity index (χ4v) is 2.52. The number of nitrogens with zero attached hydrogens (tertiary/aromatic N) is 1. The molecule has 4 nitrogen and oxygen atoms in total. The normalized spacial score (nSPS) is 16.3. The van der Waals surface area contributed by atoms with Crippen LogP contribution in [0.15, 0.2) is 18.2 Å². The predicted octanol–water partition coefficient (Wildman–Crippen LogP) is 2.59. The number of rotatable bonds is 5. The van der Waals surface area contributed by atoms with Gasteiger partial charge in [0.15, 0.2) is 0 Å². The molecule has 0 unspecified atom stereocenters. The highest BCUT2D eigenvalue weighted by molar-refractivity contribution is 5.94. The number of benzene rings is 1. The number of hydrogen-bond acceptors (Lipinski definition) is 3. The zero-order chi connectivity index (χ0) is 13.7. The van der Waals surface area contributed by atoms with Crippen LogP contribution < -0.4 is 5.32 Å². The third-order valence-electron chi connectivity index (χ3n) is 3.60. The Morgan fingerprint density at radius 2 is 2.05 bits per heavy atom. The van der Waals surface area contributed by atoms with Gasteiger partial charge in [-0.1, -0.05) is 12.5 Å². The second-order valence-corrected chi connectivity index (χ2v) is 5.18. The molecule has 2 rings (SSSR count). The molecule has 0 amide bonds. The number of aryl methyl sites for hydroxylation is 1. The first-order chi connectivity index (χ1) is 9.16. The van der Waals surface area contributed by atoms with Crippen molar-refractivity contribution in [1.29, 1.82) is 0 Å². The molecular weight excluding hydrogens is 240 g/mol. The minimum Gasteiger partial charge on any atom is -0.478 e. The molecule has 0 atom stereocenters. The third kappa shape index (κ3) is 3.96. The molecule has 1 heterocycles. The van der Waals surface area contributed by atoms with Crippen molar-refractivity contribution in [3.8, 4) is 0 Å². The van der Waals surface area contributed by atoms with E-state index in [0.717, 1.165) is 24.3 Å². The molecular formula is C15H22N2O2. The molecule has 0 aliphatic carbocycles. The van der Waals surface area contributed by atoms with E-state index in [-0.39, 0.29) is 0 Å². The second kappa shape index (κ2) is 6.57. The van der Waals surface area contributed by atoms with Gasteiger partial charge in [0.05, 0.1) is 5.56 Å². The summed E-state index contributed by atoms with van der Waals surface area (Å²) in [5, 5.41) is 12.4. The Labute approximate surface area is 114 Å². The van der Waals surface area contributed by atoms with E-state index in [1.165, 1.54) is 32.4 Å². The zero-order valence-corrected chi connectivity index (χ0v) is 11.5. The maximum Gasteiger partial charge on any atom is 0.337 e. The van der Waals surface area contributed by atoms with Crippen LogP contribution in [0.5, 0.6) is 0 Å². The lowest BCUT2D eigenvalue weighted by Crippen LogP contribution is -2.33. The zero-order valence-electron chi connectivity index (χ0n) is 11.5. The highest BCUT2D eigenvalue weighted by Gasteiger charge is 2.11. The summed E-state index contributed by atoms with van der Waals surface area (Å²) in [6.07, 6.45) is 3.90. The summed E-state index contributed by atoms with van der Waals surface area (Å²) in [6.45, 7) is 6.08. The average molecular weight is 262 g/mol. The number of carbonyl (C=O) groups is 1. The molecule has 19 heavy (non-hydrogen) atoms. The number of piperidine rings is 1. The first-order valence-corrected chi connectivity index (χ1v) is 6.97. The monoisotopic (exact) mass is 262 g/mol. The highest BCUT2D eigenvalue weighted by Crippen LogP contribution is 2.17. The molecule has 1 aromatic rings. The van der Waals surface area contributed by atoms with E-state index in [1.54, 1.807) is 6.07 Å². The first-order valence-electron chi connectivity index (χ1n) is 6.97. The molecule has 104 valence electrons. The molecule has 1 aliphatic heterocycles. The van der Waals surface area contributed by atoms with E-state index in [2.05, 4.69) is 10.2 Å². The topological polar surface area (TPSA) is 52.6 Å². The van der Waals surface area contributed by atoms with E-state index < -0.39 is 5.97 Å². The summed E-state index contributed by atoms with van der Waals surface area (Å²) in [6, 6.07) is 5.40. The summed E-state index contributed by atoms with van der Waals surface area (Å²) < 4.78 is 0. The fourth-order valence-electron chi connectivity index (χ4n) is 2.52. The van der Waals surface area contributed by atoms with Gasteiger partial charge in [-0.25, -0.2) is 4.79 Å². The predicted molar refractivity (Wildman–Crippen MR) is 76.9 cm³/mol. The molecule has 1 aromatic carbocycles. The number of nitrogens with one attached hydrogen (secondary N) is 1. The minimum atomic E-state index is -0.875. The summed E-state index contributed by atoms with van der Waals surface area (Å²) in [5.74, 6) is -0.875. The molecule has 0 bridgehead atoms. The van der Waals surface area contributed by atoms with Crippen molar-refractivity contribution in [1.82, 2.24) is 4.90 Å². The molecule has 0 saturated carbocycles. The molecule has 1 aliphatic rings. The van der Waals surface area contributed by atoms with Gasteiger partial charge < -0.3 is 15.3 Å². The van der Waals surface area contributed by atoms with Crippen LogP contribution in [0.1, 0.15) is 35.2 Å². The van der Waals surface area contributed by atoms with Crippen LogP contribution >= 0.6 is 0 Å². The standard InChI is InChI=1S/C15H22N2O2/c1-12-5-6-13(15(18)19)14(11-12)16-7-10-17-8-3-2-4-9-17/h5-6,11,16H,2-4,7-10H2,1H3,(H,18,19). The van der Waals surface area contributed by atoms with Crippen molar-refractivity contribution in [3.05, 3.63) is 29.3 Å². The van der Waals surface area contributed by atoms with Crippen molar-refractivity contribution < 1.29 is 9.90 Å². The molecule has 2 N–H and O–H groups in total. The van der Waals surface area contributed by atoms with Gasteiger partial charge in [-0.05, 0) is 50.6 Å². The van der Waals surface area contributed by atoms with Gasteiger partial charge in [0.25, 0.3) is 0 Å². The lowest BCUT2D eigenvalue weighted by molar-refractivity contribution is 0.0698. The molecule has 0 spiro atoms. The molecule has 0 aromatic heterocycles. The van der Waals surface area contributed by atoms with E-state index in [4.69, 9.17) is 5.11 Å². The number of anilines is 1. The number of aromatic carboxylic acids is 1. The fraction of sp³-hybridized carbons (Fsp3) is 0.533. The van der Waals surface area contributed by atoms with E-state index >= 15 is 0 Å². The molecule has 1 fully saturated rings. The highest BCUT2D eigenvalue weighted by atomic mass is 16.4. The van der Waals surface area contributed by atoms with Gasteiger partial charge in [-0.2, -0.15) is 0 Å². The Morgan fingerprint density at radius 3 is 2.74 bits per heavy atom. The lowest BCUT2D eigenvalue weighted by atomic mass is 10.1. The molecule has 0 radical (unpaired) electrons. The largest absolute Gasteiger partial charge is 0.478 e. The van der Waals surface area contributed by atoms with Crippen molar-refractivity contribution in [2.75, 3.05) is 31.5 Å². The Balaban J connectivity index is 1.91. The van der Waals surface area contributed by atoms with Crippen molar-refractivity contribution >= 4 is 11.7 Å². The van der Waals surface area contributed by atoms with Crippen LogP contribution in [0.25, 0.3) is 0 Å². The number of carboxylic acids is 1. The summed E-state index contributed by atoms with van der Waals surface area (Å²) in [5.41, 5.74) is 2.15. The van der Waals surface area contributed by atoms with Gasteiger partial charge in [0.2, 0.25) is 0 Å². The van der Waals surface area contributed by atoms with Crippen molar-refractivity contribution in [2.45, 2.75) is 26.2 Å². The summed E-state index contributed by atoms with van der Waals surface area (Å²) in [7, 11) is 0. The van der Waals surface area contributed by atoms with E-state index in [1.807, 2.05) is 19.1 Å². The lowest BCUT2D eigenvalue weighted by Gasteiger charge is -2.26. The Kier molecular flexibility index (Phi) is 4.80. The van der Waals surface area contributed by atoms with E-state index in [0.29, 0.717) is 5.56 Å². The first kappa shape index (κ1) is 13.9. The SMILES string of the molecule is Cc1ccc(C(=O)O)c(NCCN2CCCCC2)c1. The Bertz CT molecular complexity index is 440. The summed E-state index contributed by atoms with van der Waals surface area (Å²) >= 11 is 0. The van der Waals surface area contributed by atoms with Crippen LogP contribution in [0.3, 0.4) is 0 Å². The quantitative estimate of drug-likeness (QED) is 0.856. The van der Waals surface area contributed by atoms with Crippen LogP contribution in [0, 0.1) is 6.92 Å². The average Bonchev–Trinajstić information content (AvgIpc) is 2.39. The van der Waals surface area contributed by atoms with E-state index in [9.17, 15) is 4.79 Å². The Morgan fingerprint density at radius 1 is 1.32 bits per heavy atom. The Hall–Kier alpha value is -1.55. The third-order valence-corrected chi connectivity index (χ3v) is 3.60. The molecule has 4 heteroatoms. The van der Waals surface area contributed by atoms with Gasteiger partial charge in [-0.3, -0.25) is 0 Å². The summed E-state index contributed by atoms with van der Waals surface area (Å²) in [4.78, 5) is 13.6. The smallest absolute Gasteiger partial charge is 0.337 e. The maximum atomic E-state index is 11.1.